The van der Waals surface area contributed by atoms with Crippen LogP contribution in [0.3, 0.4) is 0 Å². The van der Waals surface area contributed by atoms with Crippen LogP contribution in [0, 0.1) is 0 Å². The number of amides is 1. The molecule has 0 spiro atoms. The molecule has 0 aromatic rings. The molecule has 5 nitrogen and oxygen atoms in total. The van der Waals surface area contributed by atoms with Gasteiger partial charge in [0.2, 0.25) is 5.91 Å². The Morgan fingerprint density at radius 3 is 2.53 bits per heavy atom. The van der Waals surface area contributed by atoms with Gasteiger partial charge in [-0.25, -0.2) is 0 Å². The number of carbonyl (C=O) groups excluding carboxylic acids is 1. The van der Waals surface area contributed by atoms with E-state index in [1.165, 1.54) is 19.8 Å². The second kappa shape index (κ2) is 5.70. The Morgan fingerprint density at radius 2 is 2.00 bits per heavy atom. The van der Waals surface area contributed by atoms with E-state index in [4.69, 9.17) is 5.11 Å². The van der Waals surface area contributed by atoms with Crippen molar-refractivity contribution in [2.75, 3.05) is 6.54 Å². The van der Waals surface area contributed by atoms with Crippen LogP contribution in [0.4, 0.5) is 0 Å². The molecule has 86 valence electrons. The smallest absolute Gasteiger partial charge is 0.325 e. The largest absolute Gasteiger partial charge is 0.480 e. The quantitative estimate of drug-likeness (QED) is 0.607. The summed E-state index contributed by atoms with van der Waals surface area (Å²) >= 11 is 0. The second-order valence-corrected chi connectivity index (χ2v) is 3.99. The molecule has 0 heterocycles. The van der Waals surface area contributed by atoms with Gasteiger partial charge >= 0.3 is 5.97 Å². The number of carboxylic acids is 1. The van der Waals surface area contributed by atoms with Crippen LogP contribution in [0.15, 0.2) is 0 Å². The summed E-state index contributed by atoms with van der Waals surface area (Å²) in [7, 11) is 0. The fraction of sp³-hybridized carbons (Fsp3) is 0.800. The zero-order valence-electron chi connectivity index (χ0n) is 8.95. The van der Waals surface area contributed by atoms with E-state index in [9.17, 15) is 9.59 Å². The topological polar surface area (TPSA) is 78.4 Å². The van der Waals surface area contributed by atoms with Gasteiger partial charge in [-0.1, -0.05) is 12.8 Å². The Hall–Kier alpha value is -1.10. The van der Waals surface area contributed by atoms with E-state index < -0.39 is 12.0 Å². The van der Waals surface area contributed by atoms with Crippen LogP contribution < -0.4 is 10.6 Å². The molecule has 0 aliphatic heterocycles. The number of nitrogens with one attached hydrogen (secondary N) is 2. The molecule has 1 amide bonds. The minimum absolute atomic E-state index is 0.211. The number of hydrogen-bond donors (Lipinski definition) is 3. The summed E-state index contributed by atoms with van der Waals surface area (Å²) in [4.78, 5) is 21.7. The Kier molecular flexibility index (Phi) is 4.55. The summed E-state index contributed by atoms with van der Waals surface area (Å²) in [6.45, 7) is 1.66. The van der Waals surface area contributed by atoms with Gasteiger partial charge in [0.15, 0.2) is 0 Å². The molecule has 0 bridgehead atoms. The maximum absolute atomic E-state index is 11.3. The maximum Gasteiger partial charge on any atom is 0.325 e. The molecule has 1 saturated carbocycles. The molecule has 1 aliphatic carbocycles. The molecule has 5 heteroatoms. The van der Waals surface area contributed by atoms with Crippen molar-refractivity contribution < 1.29 is 14.7 Å². The average Bonchev–Trinajstić information content (AvgIpc) is 2.66. The predicted octanol–water partition coefficient (Wildman–Crippen LogP) is 0.108. The lowest BCUT2D eigenvalue weighted by atomic mass is 10.2. The van der Waals surface area contributed by atoms with Gasteiger partial charge in [-0.3, -0.25) is 9.59 Å². The molecule has 1 atom stereocenters. The first-order valence-electron chi connectivity index (χ1n) is 5.35. The Bertz CT molecular complexity index is 237. The standard InChI is InChI=1S/C10H18N2O3/c1-7(10(14)15)12-9(13)6-11-8-4-2-3-5-8/h7-8,11H,2-6H2,1H3,(H,12,13)(H,14,15)/t7-/m0/s1. The molecular formula is C10H18N2O3. The zero-order chi connectivity index (χ0) is 11.3. The van der Waals surface area contributed by atoms with E-state index in [1.807, 2.05) is 0 Å². The van der Waals surface area contributed by atoms with Crippen LogP contribution >= 0.6 is 0 Å². The zero-order valence-corrected chi connectivity index (χ0v) is 8.95. The van der Waals surface area contributed by atoms with E-state index in [2.05, 4.69) is 10.6 Å². The van der Waals surface area contributed by atoms with Gasteiger partial charge in [0.1, 0.15) is 6.04 Å². The van der Waals surface area contributed by atoms with Gasteiger partial charge in [-0.15, -0.1) is 0 Å². The van der Waals surface area contributed by atoms with Gasteiger partial charge in [0, 0.05) is 6.04 Å². The van der Waals surface area contributed by atoms with Gasteiger partial charge in [-0.2, -0.15) is 0 Å². The molecule has 1 rings (SSSR count). The molecule has 1 aliphatic rings. The minimum atomic E-state index is -1.01. The highest BCUT2D eigenvalue weighted by atomic mass is 16.4. The molecule has 0 unspecified atom stereocenters. The Balaban J connectivity index is 2.15. The van der Waals surface area contributed by atoms with Crippen LogP contribution in [0.25, 0.3) is 0 Å². The highest BCUT2D eigenvalue weighted by molar-refractivity contribution is 5.84. The van der Waals surface area contributed by atoms with Gasteiger partial charge < -0.3 is 15.7 Å². The molecule has 0 saturated heterocycles. The first-order valence-corrected chi connectivity index (χ1v) is 5.35. The molecular weight excluding hydrogens is 196 g/mol. The van der Waals surface area contributed by atoms with Crippen LogP contribution in [0.1, 0.15) is 32.6 Å². The van der Waals surface area contributed by atoms with Crippen molar-refractivity contribution in [3.05, 3.63) is 0 Å². The Morgan fingerprint density at radius 1 is 1.40 bits per heavy atom. The third-order valence-corrected chi connectivity index (χ3v) is 2.65. The Labute approximate surface area is 89.2 Å². The van der Waals surface area contributed by atoms with E-state index in [1.54, 1.807) is 0 Å². The summed E-state index contributed by atoms with van der Waals surface area (Å²) in [6, 6.07) is -0.390. The molecule has 0 aromatic heterocycles. The van der Waals surface area contributed by atoms with E-state index in [0.29, 0.717) is 6.04 Å². The average molecular weight is 214 g/mol. The number of aliphatic carboxylic acids is 1. The van der Waals surface area contributed by atoms with Crippen molar-refractivity contribution >= 4 is 11.9 Å². The predicted molar refractivity (Wildman–Crippen MR) is 55.5 cm³/mol. The van der Waals surface area contributed by atoms with Crippen molar-refractivity contribution in [3.63, 3.8) is 0 Å². The molecule has 1 fully saturated rings. The first-order chi connectivity index (χ1) is 7.09. The van der Waals surface area contributed by atoms with Crippen molar-refractivity contribution in [1.29, 1.82) is 0 Å². The highest BCUT2D eigenvalue weighted by Crippen LogP contribution is 2.17. The van der Waals surface area contributed by atoms with Crippen LogP contribution in [0.5, 0.6) is 0 Å². The summed E-state index contributed by atoms with van der Waals surface area (Å²) in [5.74, 6) is -1.26. The molecule has 3 N–H and O–H groups in total. The van der Waals surface area contributed by atoms with Crippen molar-refractivity contribution in [2.24, 2.45) is 0 Å². The lowest BCUT2D eigenvalue weighted by Crippen LogP contribution is -2.44. The third kappa shape index (κ3) is 4.29. The van der Waals surface area contributed by atoms with Crippen molar-refractivity contribution in [3.8, 4) is 0 Å². The highest BCUT2D eigenvalue weighted by Gasteiger charge is 2.17. The van der Waals surface area contributed by atoms with Crippen LogP contribution in [-0.4, -0.2) is 35.6 Å². The van der Waals surface area contributed by atoms with E-state index >= 15 is 0 Å². The first kappa shape index (κ1) is 12.0. The fourth-order valence-electron chi connectivity index (χ4n) is 1.72. The van der Waals surface area contributed by atoms with Crippen molar-refractivity contribution in [2.45, 2.75) is 44.7 Å². The molecule has 15 heavy (non-hydrogen) atoms. The number of hydrogen-bond acceptors (Lipinski definition) is 3. The van der Waals surface area contributed by atoms with E-state index in [-0.39, 0.29) is 12.5 Å². The lowest BCUT2D eigenvalue weighted by molar-refractivity contribution is -0.141. The van der Waals surface area contributed by atoms with Gasteiger partial charge in [0.05, 0.1) is 6.54 Å². The third-order valence-electron chi connectivity index (χ3n) is 2.65. The molecule has 0 aromatic carbocycles. The molecule has 0 radical (unpaired) electrons. The number of carbonyl (C=O) groups is 2. The lowest BCUT2D eigenvalue weighted by Gasteiger charge is -2.13. The number of carboxylic acid groups (broad SMARTS) is 1. The summed E-state index contributed by atoms with van der Waals surface area (Å²) in [6.07, 6.45) is 4.65. The SMILES string of the molecule is C[C@H](NC(=O)CNC1CCCC1)C(=O)O. The summed E-state index contributed by atoms with van der Waals surface area (Å²) in [5, 5.41) is 14.1. The summed E-state index contributed by atoms with van der Waals surface area (Å²) < 4.78 is 0. The minimum Gasteiger partial charge on any atom is -0.480 e. The van der Waals surface area contributed by atoms with E-state index in [0.717, 1.165) is 12.8 Å². The van der Waals surface area contributed by atoms with Crippen molar-refractivity contribution in [1.82, 2.24) is 10.6 Å². The second-order valence-electron chi connectivity index (χ2n) is 3.99. The normalized spacial score (nSPS) is 18.7. The monoisotopic (exact) mass is 214 g/mol. The van der Waals surface area contributed by atoms with Crippen LogP contribution in [0.2, 0.25) is 0 Å². The van der Waals surface area contributed by atoms with Crippen LogP contribution in [-0.2, 0) is 9.59 Å². The number of rotatable bonds is 5. The fourth-order valence-corrected chi connectivity index (χ4v) is 1.72. The van der Waals surface area contributed by atoms with Gasteiger partial charge in [-0.05, 0) is 19.8 Å². The summed E-state index contributed by atoms with van der Waals surface area (Å²) in [5.41, 5.74) is 0. The maximum atomic E-state index is 11.3. The van der Waals surface area contributed by atoms with Gasteiger partial charge in [0.25, 0.3) is 0 Å².